The van der Waals surface area contributed by atoms with Gasteiger partial charge in [-0.3, -0.25) is 9.78 Å². The van der Waals surface area contributed by atoms with E-state index >= 15 is 0 Å². The lowest BCUT2D eigenvalue weighted by Crippen LogP contribution is -2.32. The van der Waals surface area contributed by atoms with Crippen molar-refractivity contribution in [3.05, 3.63) is 48.5 Å². The first-order valence-corrected chi connectivity index (χ1v) is 7.83. The number of amides is 1. The fraction of sp³-hybridized carbons (Fsp3) is 0.294. The molecule has 0 bridgehead atoms. The van der Waals surface area contributed by atoms with Crippen LogP contribution < -0.4 is 4.74 Å². The second-order valence-corrected chi connectivity index (χ2v) is 5.71. The van der Waals surface area contributed by atoms with Crippen LogP contribution in [-0.2, 0) is 11.2 Å². The van der Waals surface area contributed by atoms with Gasteiger partial charge in [-0.25, -0.2) is 4.98 Å². The van der Waals surface area contributed by atoms with Crippen molar-refractivity contribution in [3.8, 4) is 5.88 Å². The van der Waals surface area contributed by atoms with Gasteiger partial charge in [0.2, 0.25) is 11.8 Å². The lowest BCUT2D eigenvalue weighted by Gasteiger charge is -2.16. The minimum Gasteiger partial charge on any atom is -0.471 e. The molecule has 7 heteroatoms. The van der Waals surface area contributed by atoms with E-state index in [1.807, 2.05) is 24.3 Å². The van der Waals surface area contributed by atoms with E-state index in [0.717, 1.165) is 11.8 Å². The average Bonchev–Trinajstić information content (AvgIpc) is 3.24. The van der Waals surface area contributed by atoms with Gasteiger partial charge in [-0.05, 0) is 12.1 Å². The van der Waals surface area contributed by atoms with Crippen molar-refractivity contribution in [2.45, 2.75) is 18.9 Å². The summed E-state index contributed by atoms with van der Waals surface area (Å²) in [5.74, 6) is 0.513. The van der Waals surface area contributed by atoms with Gasteiger partial charge in [-0.15, -0.1) is 0 Å². The van der Waals surface area contributed by atoms with Crippen molar-refractivity contribution in [2.75, 3.05) is 13.1 Å². The van der Waals surface area contributed by atoms with E-state index in [1.165, 1.54) is 0 Å². The van der Waals surface area contributed by atoms with Crippen LogP contribution in [0.5, 0.6) is 5.88 Å². The molecule has 122 valence electrons. The summed E-state index contributed by atoms with van der Waals surface area (Å²) in [6.07, 6.45) is 5.71. The van der Waals surface area contributed by atoms with Gasteiger partial charge < -0.3 is 14.2 Å². The predicted octanol–water partition coefficient (Wildman–Crippen LogP) is 1.84. The monoisotopic (exact) mass is 324 g/mol. The Balaban J connectivity index is 1.39. The maximum atomic E-state index is 12.5. The number of ether oxygens (including phenoxy) is 1. The standard InChI is InChI=1S/C17H16N4O3/c22-17(9-14-13-3-1-2-4-15(13)24-20-14)21-8-5-12(11-21)23-16-10-18-6-7-19-16/h1-4,6-7,10,12H,5,8-9,11H2. The van der Waals surface area contributed by atoms with Gasteiger partial charge >= 0.3 is 0 Å². The zero-order valence-corrected chi connectivity index (χ0v) is 13.0. The quantitative estimate of drug-likeness (QED) is 0.728. The number of hydrogen-bond acceptors (Lipinski definition) is 6. The van der Waals surface area contributed by atoms with Crippen LogP contribution in [0.25, 0.3) is 11.0 Å². The maximum absolute atomic E-state index is 12.5. The van der Waals surface area contributed by atoms with Crippen LogP contribution in [0.2, 0.25) is 0 Å². The molecule has 1 atom stereocenters. The molecule has 1 fully saturated rings. The van der Waals surface area contributed by atoms with Crippen LogP contribution in [0, 0.1) is 0 Å². The van der Waals surface area contributed by atoms with Gasteiger partial charge in [0, 0.05) is 30.7 Å². The molecule has 0 aliphatic carbocycles. The number of benzene rings is 1. The molecule has 1 unspecified atom stereocenters. The molecule has 0 radical (unpaired) electrons. The summed E-state index contributed by atoms with van der Waals surface area (Å²) >= 11 is 0. The molecule has 0 spiro atoms. The van der Waals surface area contributed by atoms with Crippen molar-refractivity contribution < 1.29 is 14.1 Å². The number of rotatable bonds is 4. The molecule has 7 nitrogen and oxygen atoms in total. The fourth-order valence-corrected chi connectivity index (χ4v) is 2.89. The van der Waals surface area contributed by atoms with Gasteiger partial charge in [0.15, 0.2) is 5.58 Å². The Hall–Kier alpha value is -2.96. The Morgan fingerprint density at radius 2 is 2.25 bits per heavy atom. The Labute approximate surface area is 138 Å². The van der Waals surface area contributed by atoms with E-state index in [0.29, 0.717) is 30.2 Å². The minimum absolute atomic E-state index is 0.0271. The third-order valence-corrected chi connectivity index (χ3v) is 4.10. The molecule has 0 N–H and O–H groups in total. The fourth-order valence-electron chi connectivity index (χ4n) is 2.89. The number of aromatic nitrogens is 3. The van der Waals surface area contributed by atoms with Crippen molar-refractivity contribution in [3.63, 3.8) is 0 Å². The van der Waals surface area contributed by atoms with Crippen LogP contribution >= 0.6 is 0 Å². The summed E-state index contributed by atoms with van der Waals surface area (Å²) in [7, 11) is 0. The Morgan fingerprint density at radius 1 is 1.33 bits per heavy atom. The number of carbonyl (C=O) groups excluding carboxylic acids is 1. The molecule has 1 aliphatic heterocycles. The third-order valence-electron chi connectivity index (χ3n) is 4.10. The van der Waals surface area contributed by atoms with Crippen LogP contribution in [0.15, 0.2) is 47.4 Å². The first-order chi connectivity index (χ1) is 11.8. The molecule has 4 rings (SSSR count). The highest BCUT2D eigenvalue weighted by molar-refractivity contribution is 5.86. The number of nitrogens with zero attached hydrogens (tertiary/aromatic N) is 4. The van der Waals surface area contributed by atoms with Crippen molar-refractivity contribution in [1.29, 1.82) is 0 Å². The van der Waals surface area contributed by atoms with Crippen LogP contribution in [0.4, 0.5) is 0 Å². The van der Waals surface area contributed by atoms with E-state index in [2.05, 4.69) is 15.1 Å². The highest BCUT2D eigenvalue weighted by Crippen LogP contribution is 2.20. The Morgan fingerprint density at radius 3 is 3.12 bits per heavy atom. The van der Waals surface area contributed by atoms with Crippen molar-refractivity contribution >= 4 is 16.9 Å². The van der Waals surface area contributed by atoms with Gasteiger partial charge in [0.05, 0.1) is 19.2 Å². The van der Waals surface area contributed by atoms with E-state index in [9.17, 15) is 4.79 Å². The van der Waals surface area contributed by atoms with E-state index < -0.39 is 0 Å². The van der Waals surface area contributed by atoms with E-state index in [1.54, 1.807) is 23.5 Å². The summed E-state index contributed by atoms with van der Waals surface area (Å²) < 4.78 is 11.0. The van der Waals surface area contributed by atoms with Gasteiger partial charge in [0.25, 0.3) is 0 Å². The van der Waals surface area contributed by atoms with Gasteiger partial charge in [-0.2, -0.15) is 0 Å². The second kappa shape index (κ2) is 6.27. The molecule has 1 amide bonds. The number of carbonyl (C=O) groups is 1. The van der Waals surface area contributed by atoms with E-state index in [4.69, 9.17) is 9.26 Å². The zero-order chi connectivity index (χ0) is 16.4. The molecular formula is C17H16N4O3. The third kappa shape index (κ3) is 2.92. The number of fused-ring (bicyclic) bond motifs is 1. The maximum Gasteiger partial charge on any atom is 0.232 e. The summed E-state index contributed by atoms with van der Waals surface area (Å²) in [5, 5.41) is 4.91. The highest BCUT2D eigenvalue weighted by Gasteiger charge is 2.28. The average molecular weight is 324 g/mol. The molecular weight excluding hydrogens is 308 g/mol. The highest BCUT2D eigenvalue weighted by atomic mass is 16.5. The van der Waals surface area contributed by atoms with Crippen LogP contribution in [0.3, 0.4) is 0 Å². The van der Waals surface area contributed by atoms with Gasteiger partial charge in [-0.1, -0.05) is 17.3 Å². The molecule has 3 heterocycles. The predicted molar refractivity (Wildman–Crippen MR) is 85.4 cm³/mol. The lowest BCUT2D eigenvalue weighted by molar-refractivity contribution is -0.129. The lowest BCUT2D eigenvalue weighted by atomic mass is 10.1. The number of hydrogen-bond donors (Lipinski definition) is 0. The topological polar surface area (TPSA) is 81.4 Å². The molecule has 1 aliphatic rings. The first-order valence-electron chi connectivity index (χ1n) is 7.83. The molecule has 1 saturated heterocycles. The zero-order valence-electron chi connectivity index (χ0n) is 13.0. The Kier molecular flexibility index (Phi) is 3.82. The molecule has 0 saturated carbocycles. The molecule has 2 aromatic heterocycles. The van der Waals surface area contributed by atoms with Crippen molar-refractivity contribution in [1.82, 2.24) is 20.0 Å². The Bertz CT molecular complexity index is 849. The summed E-state index contributed by atoms with van der Waals surface area (Å²) in [5.41, 5.74) is 1.37. The normalized spacial score (nSPS) is 17.3. The smallest absolute Gasteiger partial charge is 0.232 e. The first kappa shape index (κ1) is 14.6. The molecule has 1 aromatic carbocycles. The molecule has 3 aromatic rings. The summed E-state index contributed by atoms with van der Waals surface area (Å²) in [4.78, 5) is 22.4. The SMILES string of the molecule is O=C(Cc1noc2ccccc12)N1CCC(Oc2cnccn2)C1. The van der Waals surface area contributed by atoms with Crippen molar-refractivity contribution in [2.24, 2.45) is 0 Å². The molecule has 24 heavy (non-hydrogen) atoms. The second-order valence-electron chi connectivity index (χ2n) is 5.71. The largest absolute Gasteiger partial charge is 0.471 e. The number of para-hydroxylation sites is 1. The van der Waals surface area contributed by atoms with Crippen LogP contribution in [0.1, 0.15) is 12.1 Å². The number of likely N-dealkylation sites (tertiary alicyclic amines) is 1. The summed E-state index contributed by atoms with van der Waals surface area (Å²) in [6, 6.07) is 7.55. The van der Waals surface area contributed by atoms with Crippen LogP contribution in [-0.4, -0.2) is 45.1 Å². The minimum atomic E-state index is -0.0558. The summed E-state index contributed by atoms with van der Waals surface area (Å²) in [6.45, 7) is 1.21. The van der Waals surface area contributed by atoms with Gasteiger partial charge in [0.1, 0.15) is 11.8 Å². The van der Waals surface area contributed by atoms with E-state index in [-0.39, 0.29) is 18.4 Å².